The van der Waals surface area contributed by atoms with Gasteiger partial charge in [0.1, 0.15) is 11.3 Å². The molecular weight excluding hydrogens is 264 g/mol. The molecule has 3 aromatic rings. The molecule has 106 valence electrons. The Morgan fingerprint density at radius 1 is 1.10 bits per heavy atom. The Morgan fingerprint density at radius 2 is 1.81 bits per heavy atom. The summed E-state index contributed by atoms with van der Waals surface area (Å²) < 4.78 is 5.75. The third-order valence-corrected chi connectivity index (χ3v) is 3.09. The van der Waals surface area contributed by atoms with Gasteiger partial charge in [-0.3, -0.25) is 0 Å². The fraction of sp³-hybridized carbons (Fsp3) is 0.188. The lowest BCUT2D eigenvalue weighted by molar-refractivity contribution is 0.604. The highest BCUT2D eigenvalue weighted by atomic mass is 16.3. The zero-order valence-corrected chi connectivity index (χ0v) is 12.2. The summed E-state index contributed by atoms with van der Waals surface area (Å²) >= 11 is 0. The molecule has 0 aliphatic rings. The molecule has 21 heavy (non-hydrogen) atoms. The molecule has 0 aliphatic carbocycles. The smallest absolute Gasteiger partial charge is 0.243 e. The normalized spacial score (nSPS) is 11.9. The molecule has 0 bridgehead atoms. The van der Waals surface area contributed by atoms with Gasteiger partial charge in [0.25, 0.3) is 0 Å². The minimum absolute atomic E-state index is 0.489. The van der Waals surface area contributed by atoms with Crippen molar-refractivity contribution >= 4 is 22.6 Å². The number of aryl methyl sites for hydroxylation is 2. The van der Waals surface area contributed by atoms with E-state index in [0.29, 0.717) is 5.95 Å². The molecule has 0 radical (unpaired) electrons. The van der Waals surface area contributed by atoms with Gasteiger partial charge in [-0.05, 0) is 39.0 Å². The van der Waals surface area contributed by atoms with Crippen molar-refractivity contribution in [3.05, 3.63) is 53.5 Å². The molecule has 0 unspecified atom stereocenters. The summed E-state index contributed by atoms with van der Waals surface area (Å²) in [6.07, 6.45) is 0. The molecule has 2 aromatic heterocycles. The maximum Gasteiger partial charge on any atom is 0.243 e. The van der Waals surface area contributed by atoms with Crippen LogP contribution in [0, 0.1) is 13.8 Å². The van der Waals surface area contributed by atoms with E-state index in [4.69, 9.17) is 4.42 Å². The molecule has 1 aromatic carbocycles. The first kappa shape index (κ1) is 13.3. The number of hydrazone groups is 1. The van der Waals surface area contributed by atoms with E-state index < -0.39 is 0 Å². The van der Waals surface area contributed by atoms with E-state index in [9.17, 15) is 0 Å². The molecule has 0 spiro atoms. The molecule has 5 heteroatoms. The van der Waals surface area contributed by atoms with Gasteiger partial charge in [0.2, 0.25) is 5.95 Å². The lowest BCUT2D eigenvalue weighted by atomic mass is 10.2. The molecule has 0 amide bonds. The summed E-state index contributed by atoms with van der Waals surface area (Å²) in [5, 5.41) is 5.35. The maximum atomic E-state index is 5.75. The molecule has 0 aliphatic heterocycles. The van der Waals surface area contributed by atoms with Crippen LogP contribution in [-0.4, -0.2) is 15.7 Å². The Balaban J connectivity index is 1.85. The van der Waals surface area contributed by atoms with Crippen LogP contribution in [0.2, 0.25) is 0 Å². The summed E-state index contributed by atoms with van der Waals surface area (Å²) in [7, 11) is 0. The molecule has 0 fully saturated rings. The Labute approximate surface area is 122 Å². The first-order valence-electron chi connectivity index (χ1n) is 6.73. The number of furan rings is 1. The van der Waals surface area contributed by atoms with Gasteiger partial charge in [-0.25, -0.2) is 15.4 Å². The van der Waals surface area contributed by atoms with Crippen LogP contribution >= 0.6 is 0 Å². The minimum atomic E-state index is 0.489. The molecular formula is C16H16N4O. The number of hydrogen-bond donors (Lipinski definition) is 1. The topological polar surface area (TPSA) is 63.3 Å². The van der Waals surface area contributed by atoms with Crippen molar-refractivity contribution < 1.29 is 4.42 Å². The zero-order chi connectivity index (χ0) is 14.8. The van der Waals surface area contributed by atoms with E-state index in [-0.39, 0.29) is 0 Å². The van der Waals surface area contributed by atoms with Crippen LogP contribution in [0.5, 0.6) is 0 Å². The predicted octanol–water partition coefficient (Wildman–Crippen LogP) is 3.68. The van der Waals surface area contributed by atoms with Crippen molar-refractivity contribution in [3.8, 4) is 0 Å². The van der Waals surface area contributed by atoms with E-state index in [1.807, 2.05) is 57.2 Å². The first-order valence-corrected chi connectivity index (χ1v) is 6.73. The highest BCUT2D eigenvalue weighted by Crippen LogP contribution is 2.19. The van der Waals surface area contributed by atoms with Crippen LogP contribution < -0.4 is 5.43 Å². The van der Waals surface area contributed by atoms with E-state index in [0.717, 1.165) is 33.8 Å². The number of anilines is 1. The van der Waals surface area contributed by atoms with Crippen LogP contribution in [0.25, 0.3) is 11.0 Å². The average Bonchev–Trinajstić information content (AvgIpc) is 2.87. The Kier molecular flexibility index (Phi) is 3.39. The second kappa shape index (κ2) is 5.36. The Morgan fingerprint density at radius 3 is 2.52 bits per heavy atom. The van der Waals surface area contributed by atoms with Crippen molar-refractivity contribution in [3.63, 3.8) is 0 Å². The lowest BCUT2D eigenvalue weighted by Crippen LogP contribution is -2.03. The van der Waals surface area contributed by atoms with Crippen LogP contribution in [0.1, 0.15) is 24.1 Å². The highest BCUT2D eigenvalue weighted by molar-refractivity contribution is 5.99. The standard InChI is InChI=1S/C16H16N4O/c1-10-8-11(2)18-16(17-10)20-19-12(3)15-9-13-6-4-5-7-14(13)21-15/h4-9H,1-3H3,(H,17,18,20)/b19-12+. The minimum Gasteiger partial charge on any atom is -0.455 e. The van der Waals surface area contributed by atoms with Gasteiger partial charge in [-0.2, -0.15) is 5.10 Å². The Bertz CT molecular complexity index is 767. The molecule has 1 N–H and O–H groups in total. The van der Waals surface area contributed by atoms with E-state index >= 15 is 0 Å². The lowest BCUT2D eigenvalue weighted by Gasteiger charge is -2.02. The molecule has 3 rings (SSSR count). The fourth-order valence-corrected chi connectivity index (χ4v) is 2.13. The van der Waals surface area contributed by atoms with Gasteiger partial charge in [-0.15, -0.1) is 0 Å². The van der Waals surface area contributed by atoms with Crippen molar-refractivity contribution in [1.82, 2.24) is 9.97 Å². The van der Waals surface area contributed by atoms with E-state index in [1.54, 1.807) is 0 Å². The number of para-hydroxylation sites is 1. The molecule has 2 heterocycles. The van der Waals surface area contributed by atoms with Gasteiger partial charge in [0, 0.05) is 16.8 Å². The number of nitrogens with one attached hydrogen (secondary N) is 1. The molecule has 0 saturated carbocycles. The number of aromatic nitrogens is 2. The van der Waals surface area contributed by atoms with Crippen molar-refractivity contribution in [1.29, 1.82) is 0 Å². The second-order valence-corrected chi connectivity index (χ2v) is 4.93. The summed E-state index contributed by atoms with van der Waals surface area (Å²) in [5.74, 6) is 1.22. The third kappa shape index (κ3) is 2.91. The molecule has 5 nitrogen and oxygen atoms in total. The van der Waals surface area contributed by atoms with Gasteiger partial charge in [0.05, 0.1) is 0 Å². The predicted molar refractivity (Wildman–Crippen MR) is 83.6 cm³/mol. The van der Waals surface area contributed by atoms with E-state index in [1.165, 1.54) is 0 Å². The number of benzene rings is 1. The third-order valence-electron chi connectivity index (χ3n) is 3.09. The van der Waals surface area contributed by atoms with Crippen molar-refractivity contribution in [2.75, 3.05) is 5.43 Å². The Hall–Kier alpha value is -2.69. The average molecular weight is 280 g/mol. The maximum absolute atomic E-state index is 5.75. The van der Waals surface area contributed by atoms with Gasteiger partial charge in [0.15, 0.2) is 5.76 Å². The SMILES string of the molecule is C/C(=N\Nc1nc(C)cc(C)n1)c1cc2ccccc2o1. The quantitative estimate of drug-likeness (QED) is 0.587. The highest BCUT2D eigenvalue weighted by Gasteiger charge is 2.06. The summed E-state index contributed by atoms with van der Waals surface area (Å²) in [6, 6.07) is 11.8. The summed E-state index contributed by atoms with van der Waals surface area (Å²) in [5.41, 5.74) is 6.28. The number of nitrogens with zero attached hydrogens (tertiary/aromatic N) is 3. The van der Waals surface area contributed by atoms with Crippen molar-refractivity contribution in [2.24, 2.45) is 5.10 Å². The number of fused-ring (bicyclic) bond motifs is 1. The van der Waals surface area contributed by atoms with Crippen LogP contribution in [0.15, 0.2) is 45.9 Å². The van der Waals surface area contributed by atoms with Crippen LogP contribution in [0.3, 0.4) is 0 Å². The van der Waals surface area contributed by atoms with Gasteiger partial charge >= 0.3 is 0 Å². The summed E-state index contributed by atoms with van der Waals surface area (Å²) in [6.45, 7) is 5.73. The largest absolute Gasteiger partial charge is 0.455 e. The number of rotatable bonds is 3. The van der Waals surface area contributed by atoms with Crippen LogP contribution in [0.4, 0.5) is 5.95 Å². The van der Waals surface area contributed by atoms with Gasteiger partial charge in [-0.1, -0.05) is 18.2 Å². The molecule has 0 atom stereocenters. The number of hydrogen-bond acceptors (Lipinski definition) is 5. The fourth-order valence-electron chi connectivity index (χ4n) is 2.13. The van der Waals surface area contributed by atoms with Crippen molar-refractivity contribution in [2.45, 2.75) is 20.8 Å². The van der Waals surface area contributed by atoms with Crippen LogP contribution in [-0.2, 0) is 0 Å². The summed E-state index contributed by atoms with van der Waals surface area (Å²) in [4.78, 5) is 8.56. The first-order chi connectivity index (χ1) is 10.1. The second-order valence-electron chi connectivity index (χ2n) is 4.93. The zero-order valence-electron chi connectivity index (χ0n) is 12.2. The van der Waals surface area contributed by atoms with Gasteiger partial charge < -0.3 is 4.42 Å². The molecule has 0 saturated heterocycles. The monoisotopic (exact) mass is 280 g/mol. The van der Waals surface area contributed by atoms with E-state index in [2.05, 4.69) is 20.5 Å².